The highest BCUT2D eigenvalue weighted by Gasteiger charge is 2.43. The van der Waals surface area contributed by atoms with Crippen LogP contribution in [-0.4, -0.2) is 29.7 Å². The molecule has 0 saturated carbocycles. The van der Waals surface area contributed by atoms with E-state index in [-0.39, 0.29) is 12.0 Å². The van der Waals surface area contributed by atoms with Crippen molar-refractivity contribution >= 4 is 0 Å². The number of methoxy groups -OCH3 is 1. The molecule has 0 aromatic heterocycles. The zero-order chi connectivity index (χ0) is 21.7. The van der Waals surface area contributed by atoms with Crippen molar-refractivity contribution in [2.24, 2.45) is 5.92 Å². The Labute approximate surface area is 186 Å². The molecule has 3 nitrogen and oxygen atoms in total. The number of aliphatic hydroxyl groups is 1. The SMILES string of the molecule is COc1ccc(CC2C(C(C)(O)c3ccccc3)CCCN2Cc2ccccc2)cc1. The van der Waals surface area contributed by atoms with Crippen molar-refractivity contribution in [2.45, 2.75) is 44.4 Å². The van der Waals surface area contributed by atoms with Gasteiger partial charge in [-0.05, 0) is 61.6 Å². The first-order valence-electron chi connectivity index (χ1n) is 11.3. The van der Waals surface area contributed by atoms with Crippen LogP contribution in [0.3, 0.4) is 0 Å². The molecule has 3 unspecified atom stereocenters. The fourth-order valence-electron chi connectivity index (χ4n) is 5.06. The lowest BCUT2D eigenvalue weighted by Gasteiger charge is -2.47. The molecule has 3 atom stereocenters. The lowest BCUT2D eigenvalue weighted by Crippen LogP contribution is -2.52. The Balaban J connectivity index is 1.65. The molecular formula is C28H33NO2. The van der Waals surface area contributed by atoms with Crippen molar-refractivity contribution in [2.75, 3.05) is 13.7 Å². The molecule has 1 aliphatic heterocycles. The predicted octanol–water partition coefficient (Wildman–Crippen LogP) is 5.43. The van der Waals surface area contributed by atoms with Gasteiger partial charge in [0.15, 0.2) is 0 Å². The second-order valence-corrected chi connectivity index (χ2v) is 8.84. The number of likely N-dealkylation sites (tertiary alicyclic amines) is 1. The zero-order valence-corrected chi connectivity index (χ0v) is 18.6. The molecular weight excluding hydrogens is 382 g/mol. The van der Waals surface area contributed by atoms with Crippen LogP contribution in [0, 0.1) is 5.92 Å². The minimum atomic E-state index is -0.881. The first kappa shape index (κ1) is 21.6. The largest absolute Gasteiger partial charge is 0.497 e. The van der Waals surface area contributed by atoms with Gasteiger partial charge in [0.25, 0.3) is 0 Å². The summed E-state index contributed by atoms with van der Waals surface area (Å²) in [6, 6.07) is 29.5. The zero-order valence-electron chi connectivity index (χ0n) is 18.6. The van der Waals surface area contributed by atoms with Gasteiger partial charge in [0, 0.05) is 18.5 Å². The fourth-order valence-corrected chi connectivity index (χ4v) is 5.06. The first-order valence-corrected chi connectivity index (χ1v) is 11.3. The third kappa shape index (κ3) is 5.00. The molecule has 1 aliphatic rings. The van der Waals surface area contributed by atoms with Crippen LogP contribution in [0.25, 0.3) is 0 Å². The average molecular weight is 416 g/mol. The maximum absolute atomic E-state index is 11.8. The third-order valence-corrected chi connectivity index (χ3v) is 6.81. The molecule has 1 fully saturated rings. The van der Waals surface area contributed by atoms with Crippen molar-refractivity contribution in [1.82, 2.24) is 4.90 Å². The fraction of sp³-hybridized carbons (Fsp3) is 0.357. The number of piperidine rings is 1. The van der Waals surface area contributed by atoms with Gasteiger partial charge in [0.05, 0.1) is 12.7 Å². The van der Waals surface area contributed by atoms with Crippen LogP contribution in [0.2, 0.25) is 0 Å². The topological polar surface area (TPSA) is 32.7 Å². The van der Waals surface area contributed by atoms with E-state index in [0.29, 0.717) is 0 Å². The number of rotatable bonds is 7. The standard InChI is InChI=1S/C28H33NO2/c1-28(30,24-12-7-4-8-13-24)26-14-9-19-29(21-23-10-5-3-6-11-23)27(26)20-22-15-17-25(31-2)18-16-22/h3-8,10-13,15-18,26-27,30H,9,14,19-21H2,1-2H3. The van der Waals surface area contributed by atoms with Gasteiger partial charge >= 0.3 is 0 Å². The highest BCUT2D eigenvalue weighted by molar-refractivity contribution is 5.29. The summed E-state index contributed by atoms with van der Waals surface area (Å²) >= 11 is 0. The molecule has 31 heavy (non-hydrogen) atoms. The third-order valence-electron chi connectivity index (χ3n) is 6.81. The van der Waals surface area contributed by atoms with Crippen molar-refractivity contribution in [3.8, 4) is 5.75 Å². The van der Waals surface area contributed by atoms with E-state index in [1.807, 2.05) is 37.3 Å². The Morgan fingerprint density at radius 2 is 1.55 bits per heavy atom. The highest BCUT2D eigenvalue weighted by Crippen LogP contribution is 2.40. The van der Waals surface area contributed by atoms with Crippen LogP contribution in [0.15, 0.2) is 84.9 Å². The van der Waals surface area contributed by atoms with Gasteiger partial charge in [0.1, 0.15) is 5.75 Å². The Bertz CT molecular complexity index is 938. The van der Waals surface area contributed by atoms with E-state index >= 15 is 0 Å². The Hall–Kier alpha value is -2.62. The summed E-state index contributed by atoms with van der Waals surface area (Å²) in [6.07, 6.45) is 3.03. The summed E-state index contributed by atoms with van der Waals surface area (Å²) < 4.78 is 5.34. The van der Waals surface area contributed by atoms with Crippen molar-refractivity contribution < 1.29 is 9.84 Å². The van der Waals surface area contributed by atoms with Gasteiger partial charge < -0.3 is 9.84 Å². The minimum absolute atomic E-state index is 0.148. The molecule has 162 valence electrons. The smallest absolute Gasteiger partial charge is 0.118 e. The molecule has 4 rings (SSSR count). The van der Waals surface area contributed by atoms with Crippen molar-refractivity contribution in [1.29, 1.82) is 0 Å². The quantitative estimate of drug-likeness (QED) is 0.559. The average Bonchev–Trinajstić information content (AvgIpc) is 2.82. The molecule has 0 radical (unpaired) electrons. The Kier molecular flexibility index (Phi) is 6.74. The van der Waals surface area contributed by atoms with E-state index in [1.165, 1.54) is 11.1 Å². The van der Waals surface area contributed by atoms with E-state index in [4.69, 9.17) is 4.74 Å². The Morgan fingerprint density at radius 1 is 0.903 bits per heavy atom. The molecule has 0 amide bonds. The van der Waals surface area contributed by atoms with Gasteiger partial charge in [-0.2, -0.15) is 0 Å². The van der Waals surface area contributed by atoms with E-state index < -0.39 is 5.60 Å². The number of ether oxygens (including phenoxy) is 1. The lowest BCUT2D eigenvalue weighted by molar-refractivity contribution is -0.0708. The van der Waals surface area contributed by atoms with E-state index in [9.17, 15) is 5.11 Å². The summed E-state index contributed by atoms with van der Waals surface area (Å²) in [4.78, 5) is 2.57. The summed E-state index contributed by atoms with van der Waals surface area (Å²) in [7, 11) is 1.70. The van der Waals surface area contributed by atoms with E-state index in [0.717, 1.165) is 43.7 Å². The summed E-state index contributed by atoms with van der Waals surface area (Å²) in [5.74, 6) is 1.02. The molecule has 3 heteroatoms. The maximum Gasteiger partial charge on any atom is 0.118 e. The van der Waals surface area contributed by atoms with Gasteiger partial charge in [-0.25, -0.2) is 0 Å². The van der Waals surface area contributed by atoms with Crippen LogP contribution >= 0.6 is 0 Å². The van der Waals surface area contributed by atoms with Crippen LogP contribution in [0.4, 0.5) is 0 Å². The second-order valence-electron chi connectivity index (χ2n) is 8.84. The molecule has 0 aliphatic carbocycles. The van der Waals surface area contributed by atoms with Gasteiger partial charge in [-0.3, -0.25) is 4.90 Å². The van der Waals surface area contributed by atoms with Gasteiger partial charge in [-0.1, -0.05) is 72.8 Å². The van der Waals surface area contributed by atoms with Crippen LogP contribution in [-0.2, 0) is 18.6 Å². The van der Waals surface area contributed by atoms with Crippen LogP contribution in [0.5, 0.6) is 5.75 Å². The number of benzene rings is 3. The molecule has 1 heterocycles. The van der Waals surface area contributed by atoms with Crippen LogP contribution in [0.1, 0.15) is 36.5 Å². The predicted molar refractivity (Wildman–Crippen MR) is 126 cm³/mol. The Morgan fingerprint density at radius 3 is 2.19 bits per heavy atom. The first-order chi connectivity index (χ1) is 15.1. The minimum Gasteiger partial charge on any atom is -0.497 e. The number of hydrogen-bond donors (Lipinski definition) is 1. The molecule has 1 N–H and O–H groups in total. The molecule has 1 saturated heterocycles. The summed E-state index contributed by atoms with van der Waals surface area (Å²) in [5.41, 5.74) is 2.72. The number of hydrogen-bond acceptors (Lipinski definition) is 3. The van der Waals surface area contributed by atoms with Crippen molar-refractivity contribution in [3.63, 3.8) is 0 Å². The summed E-state index contributed by atoms with van der Waals surface area (Å²) in [5, 5.41) is 11.8. The second kappa shape index (κ2) is 9.67. The van der Waals surface area contributed by atoms with E-state index in [1.54, 1.807) is 7.11 Å². The lowest BCUT2D eigenvalue weighted by atomic mass is 9.72. The van der Waals surface area contributed by atoms with Crippen LogP contribution < -0.4 is 4.74 Å². The van der Waals surface area contributed by atoms with E-state index in [2.05, 4.69) is 59.5 Å². The normalized spacial score (nSPS) is 21.4. The summed E-state index contributed by atoms with van der Waals surface area (Å²) in [6.45, 7) is 3.96. The highest BCUT2D eigenvalue weighted by atomic mass is 16.5. The molecule has 0 spiro atoms. The van der Waals surface area contributed by atoms with Gasteiger partial charge in [-0.15, -0.1) is 0 Å². The molecule has 0 bridgehead atoms. The van der Waals surface area contributed by atoms with Crippen molar-refractivity contribution in [3.05, 3.63) is 102 Å². The number of nitrogens with zero attached hydrogens (tertiary/aromatic N) is 1. The molecule has 3 aromatic rings. The van der Waals surface area contributed by atoms with Gasteiger partial charge in [0.2, 0.25) is 0 Å². The monoisotopic (exact) mass is 415 g/mol. The maximum atomic E-state index is 11.8. The molecule has 3 aromatic carbocycles.